The van der Waals surface area contributed by atoms with Crippen molar-refractivity contribution >= 4 is 23.4 Å². The topological polar surface area (TPSA) is 56.7 Å². The first-order valence-electron chi connectivity index (χ1n) is 6.78. The number of rotatable bonds is 4. The van der Waals surface area contributed by atoms with E-state index in [0.29, 0.717) is 11.0 Å². The van der Waals surface area contributed by atoms with Gasteiger partial charge in [-0.15, -0.1) is 10.2 Å². The van der Waals surface area contributed by atoms with Gasteiger partial charge in [-0.2, -0.15) is 0 Å². The number of halogens is 1. The molecule has 0 atom stereocenters. The predicted molar refractivity (Wildman–Crippen MR) is 91.4 cm³/mol. The van der Waals surface area contributed by atoms with Crippen LogP contribution < -0.4 is 5.84 Å². The van der Waals surface area contributed by atoms with E-state index in [2.05, 4.69) is 10.2 Å². The van der Waals surface area contributed by atoms with Gasteiger partial charge < -0.3 is 5.84 Å². The number of hydrogen-bond acceptors (Lipinski definition) is 4. The lowest BCUT2D eigenvalue weighted by Crippen LogP contribution is -2.11. The van der Waals surface area contributed by atoms with Crippen LogP contribution >= 0.6 is 23.4 Å². The molecule has 0 radical (unpaired) electrons. The van der Waals surface area contributed by atoms with Gasteiger partial charge in [-0.1, -0.05) is 65.3 Å². The molecule has 3 aromatic rings. The molecule has 1 aromatic heterocycles. The summed E-state index contributed by atoms with van der Waals surface area (Å²) >= 11 is 7.52. The Morgan fingerprint density at radius 1 is 1.14 bits per heavy atom. The van der Waals surface area contributed by atoms with Gasteiger partial charge in [0.05, 0.1) is 0 Å². The molecule has 1 heterocycles. The summed E-state index contributed by atoms with van der Waals surface area (Å²) in [7, 11) is 0. The molecule has 0 aliphatic carbocycles. The third kappa shape index (κ3) is 3.26. The van der Waals surface area contributed by atoms with Crippen LogP contribution in [0.3, 0.4) is 0 Å². The Bertz CT molecular complexity index is 783. The third-order valence-electron chi connectivity index (χ3n) is 3.23. The average molecular weight is 331 g/mol. The maximum atomic E-state index is 6.11. The normalized spacial score (nSPS) is 10.8. The second kappa shape index (κ2) is 6.42. The molecular weight excluding hydrogens is 316 g/mol. The van der Waals surface area contributed by atoms with Crippen molar-refractivity contribution in [3.05, 3.63) is 64.7 Å². The smallest absolute Gasteiger partial charge is 0.210 e. The van der Waals surface area contributed by atoms with Crippen molar-refractivity contribution in [2.24, 2.45) is 0 Å². The number of nitrogens with zero attached hydrogens (tertiary/aromatic N) is 3. The van der Waals surface area contributed by atoms with Crippen molar-refractivity contribution in [3.63, 3.8) is 0 Å². The van der Waals surface area contributed by atoms with Gasteiger partial charge in [0, 0.05) is 16.3 Å². The van der Waals surface area contributed by atoms with Gasteiger partial charge in [0.2, 0.25) is 5.16 Å². The first-order chi connectivity index (χ1) is 10.6. The van der Waals surface area contributed by atoms with E-state index < -0.39 is 0 Å². The van der Waals surface area contributed by atoms with Crippen LogP contribution in [0.15, 0.2) is 53.7 Å². The fraction of sp³-hybridized carbons (Fsp3) is 0.125. The Morgan fingerprint density at radius 2 is 1.91 bits per heavy atom. The molecule has 112 valence electrons. The number of hydrogen-bond donors (Lipinski definition) is 1. The van der Waals surface area contributed by atoms with E-state index in [4.69, 9.17) is 17.4 Å². The minimum Gasteiger partial charge on any atom is -0.335 e. The predicted octanol–water partition coefficient (Wildman–Crippen LogP) is 3.91. The van der Waals surface area contributed by atoms with E-state index in [1.54, 1.807) is 0 Å². The van der Waals surface area contributed by atoms with E-state index in [0.717, 1.165) is 21.9 Å². The van der Waals surface area contributed by atoms with Crippen LogP contribution in [-0.2, 0) is 5.75 Å². The first-order valence-corrected chi connectivity index (χ1v) is 8.14. The number of nitrogen functional groups attached to an aromatic ring is 1. The largest absolute Gasteiger partial charge is 0.335 e. The molecule has 3 rings (SSSR count). The fourth-order valence-corrected chi connectivity index (χ4v) is 3.06. The van der Waals surface area contributed by atoms with E-state index in [1.807, 2.05) is 55.5 Å². The lowest BCUT2D eigenvalue weighted by Gasteiger charge is -2.04. The zero-order chi connectivity index (χ0) is 15.5. The standard InChI is InChI=1S/C16H15ClN4S/c1-11-5-7-13(8-6-11)15-19-20-16(21(15)18)22-10-12-3-2-4-14(17)9-12/h2-9H,10,18H2,1H3. The van der Waals surface area contributed by atoms with Gasteiger partial charge in [-0.3, -0.25) is 0 Å². The van der Waals surface area contributed by atoms with Gasteiger partial charge in [-0.25, -0.2) is 4.68 Å². The van der Waals surface area contributed by atoms with Crippen LogP contribution in [-0.4, -0.2) is 14.9 Å². The van der Waals surface area contributed by atoms with Crippen LogP contribution in [0.5, 0.6) is 0 Å². The Kier molecular flexibility index (Phi) is 4.36. The lowest BCUT2D eigenvalue weighted by molar-refractivity contribution is 0.849. The Hall–Kier alpha value is -1.98. The van der Waals surface area contributed by atoms with Gasteiger partial charge >= 0.3 is 0 Å². The van der Waals surface area contributed by atoms with E-state index in [9.17, 15) is 0 Å². The highest BCUT2D eigenvalue weighted by molar-refractivity contribution is 7.98. The molecule has 0 aliphatic heterocycles. The van der Waals surface area contributed by atoms with Crippen LogP contribution in [0.25, 0.3) is 11.4 Å². The molecule has 0 saturated heterocycles. The molecule has 4 nitrogen and oxygen atoms in total. The van der Waals surface area contributed by atoms with E-state index in [-0.39, 0.29) is 0 Å². The van der Waals surface area contributed by atoms with Gasteiger partial charge in [0.25, 0.3) is 0 Å². The van der Waals surface area contributed by atoms with Crippen LogP contribution in [0.1, 0.15) is 11.1 Å². The second-order valence-corrected chi connectivity index (χ2v) is 6.34. The van der Waals surface area contributed by atoms with Gasteiger partial charge in [0.15, 0.2) is 5.82 Å². The molecule has 22 heavy (non-hydrogen) atoms. The molecule has 0 saturated carbocycles. The molecule has 0 spiro atoms. The summed E-state index contributed by atoms with van der Waals surface area (Å²) in [4.78, 5) is 0. The zero-order valence-electron chi connectivity index (χ0n) is 12.0. The summed E-state index contributed by atoms with van der Waals surface area (Å²) in [6.07, 6.45) is 0. The highest BCUT2D eigenvalue weighted by Gasteiger charge is 2.12. The molecule has 0 bridgehead atoms. The fourth-order valence-electron chi connectivity index (χ4n) is 2.05. The first kappa shape index (κ1) is 14.9. The van der Waals surface area contributed by atoms with Crippen LogP contribution in [0.2, 0.25) is 5.02 Å². The molecule has 2 aromatic carbocycles. The van der Waals surface area contributed by atoms with Crippen molar-refractivity contribution in [1.82, 2.24) is 14.9 Å². The number of aryl methyl sites for hydroxylation is 1. The van der Waals surface area contributed by atoms with Gasteiger partial charge in [0.1, 0.15) is 0 Å². The minimum absolute atomic E-state index is 0.661. The lowest BCUT2D eigenvalue weighted by atomic mass is 10.1. The molecular formula is C16H15ClN4S. The SMILES string of the molecule is Cc1ccc(-c2nnc(SCc3cccc(Cl)c3)n2N)cc1. The zero-order valence-corrected chi connectivity index (χ0v) is 13.6. The molecule has 0 amide bonds. The summed E-state index contributed by atoms with van der Waals surface area (Å²) < 4.78 is 1.53. The van der Waals surface area contributed by atoms with Crippen molar-refractivity contribution in [3.8, 4) is 11.4 Å². The van der Waals surface area contributed by atoms with Crippen molar-refractivity contribution in [1.29, 1.82) is 0 Å². The Balaban J connectivity index is 1.77. The van der Waals surface area contributed by atoms with Crippen LogP contribution in [0, 0.1) is 6.92 Å². The summed E-state index contributed by atoms with van der Waals surface area (Å²) in [6.45, 7) is 2.04. The number of aromatic nitrogens is 3. The second-order valence-electron chi connectivity index (χ2n) is 4.96. The Morgan fingerprint density at radius 3 is 2.64 bits per heavy atom. The number of thioether (sulfide) groups is 1. The molecule has 0 aliphatic rings. The quantitative estimate of drug-likeness (QED) is 0.582. The highest BCUT2D eigenvalue weighted by Crippen LogP contribution is 2.25. The molecule has 0 fully saturated rings. The van der Waals surface area contributed by atoms with Crippen LogP contribution in [0.4, 0.5) is 0 Å². The third-order valence-corrected chi connectivity index (χ3v) is 4.48. The summed E-state index contributed by atoms with van der Waals surface area (Å²) in [5, 5.41) is 9.76. The van der Waals surface area contributed by atoms with Gasteiger partial charge in [-0.05, 0) is 24.6 Å². The summed E-state index contributed by atoms with van der Waals surface area (Å²) in [5.74, 6) is 7.51. The average Bonchev–Trinajstić information content (AvgIpc) is 2.87. The monoisotopic (exact) mass is 330 g/mol. The number of benzene rings is 2. The molecule has 2 N–H and O–H groups in total. The summed E-state index contributed by atoms with van der Waals surface area (Å²) in [5.41, 5.74) is 3.27. The van der Waals surface area contributed by atoms with Crippen molar-refractivity contribution < 1.29 is 0 Å². The van der Waals surface area contributed by atoms with E-state index >= 15 is 0 Å². The maximum Gasteiger partial charge on any atom is 0.210 e. The van der Waals surface area contributed by atoms with Crippen molar-refractivity contribution in [2.45, 2.75) is 17.8 Å². The number of nitrogens with two attached hydrogens (primary N) is 1. The Labute approximate surface area is 138 Å². The minimum atomic E-state index is 0.661. The highest BCUT2D eigenvalue weighted by atomic mass is 35.5. The van der Waals surface area contributed by atoms with Crippen molar-refractivity contribution in [2.75, 3.05) is 5.84 Å². The molecule has 6 heteroatoms. The van der Waals surface area contributed by atoms with E-state index in [1.165, 1.54) is 22.0 Å². The molecule has 0 unspecified atom stereocenters. The maximum absolute atomic E-state index is 6.11. The summed E-state index contributed by atoms with van der Waals surface area (Å²) in [6, 6.07) is 15.8.